The highest BCUT2D eigenvalue weighted by Crippen LogP contribution is 2.34. The zero-order chi connectivity index (χ0) is 19.8. The first-order valence-electron chi connectivity index (χ1n) is 9.39. The fourth-order valence-electron chi connectivity index (χ4n) is 4.02. The van der Waals surface area contributed by atoms with Gasteiger partial charge in [0.05, 0.1) is 11.3 Å². The van der Waals surface area contributed by atoms with E-state index in [4.69, 9.17) is 0 Å². The van der Waals surface area contributed by atoms with Crippen molar-refractivity contribution in [2.75, 3.05) is 23.8 Å². The van der Waals surface area contributed by atoms with E-state index in [9.17, 15) is 18.4 Å². The van der Waals surface area contributed by atoms with Gasteiger partial charge in [-0.15, -0.1) is 0 Å². The lowest BCUT2D eigenvalue weighted by Gasteiger charge is -2.43. The van der Waals surface area contributed by atoms with Crippen LogP contribution < -0.4 is 10.2 Å². The summed E-state index contributed by atoms with van der Waals surface area (Å²) in [7, 11) is 1.93. The molecule has 0 radical (unpaired) electrons. The highest BCUT2D eigenvalue weighted by Gasteiger charge is 2.36. The number of hydrogen-bond donors (Lipinski definition) is 1. The van der Waals surface area contributed by atoms with E-state index in [0.29, 0.717) is 16.8 Å². The molecule has 0 spiro atoms. The van der Waals surface area contributed by atoms with E-state index in [-0.39, 0.29) is 17.8 Å². The summed E-state index contributed by atoms with van der Waals surface area (Å²) in [6.07, 6.45) is 4.02. The van der Waals surface area contributed by atoms with E-state index in [1.54, 1.807) is 18.2 Å². The Kier molecular flexibility index (Phi) is 4.75. The SMILES string of the molecule is CN1c2cc(C(=O)Nc3cc(F)cc(F)c3)ccc2C(=O)N2CCCCC[C@@H]21. The number of carbonyl (C=O) groups is 2. The van der Waals surface area contributed by atoms with Crippen LogP contribution in [0, 0.1) is 11.6 Å². The first kappa shape index (κ1) is 18.4. The summed E-state index contributed by atoms with van der Waals surface area (Å²) < 4.78 is 26.7. The molecule has 2 aromatic rings. The lowest BCUT2D eigenvalue weighted by Crippen LogP contribution is -2.53. The molecule has 0 aliphatic carbocycles. The minimum absolute atomic E-state index is 0.0147. The maximum Gasteiger partial charge on any atom is 0.257 e. The van der Waals surface area contributed by atoms with Crippen molar-refractivity contribution in [3.05, 3.63) is 59.2 Å². The van der Waals surface area contributed by atoms with Crippen LogP contribution >= 0.6 is 0 Å². The van der Waals surface area contributed by atoms with Crippen molar-refractivity contribution in [2.24, 2.45) is 0 Å². The molecule has 4 rings (SSSR count). The molecule has 2 aromatic carbocycles. The summed E-state index contributed by atoms with van der Waals surface area (Å²) in [4.78, 5) is 29.4. The van der Waals surface area contributed by atoms with Crippen LogP contribution in [0.2, 0.25) is 0 Å². The molecule has 28 heavy (non-hydrogen) atoms. The number of halogens is 2. The third kappa shape index (κ3) is 3.32. The fraction of sp³-hybridized carbons (Fsp3) is 0.333. The minimum Gasteiger partial charge on any atom is -0.354 e. The van der Waals surface area contributed by atoms with E-state index in [2.05, 4.69) is 5.32 Å². The first-order chi connectivity index (χ1) is 13.4. The van der Waals surface area contributed by atoms with Crippen LogP contribution in [0.4, 0.5) is 20.2 Å². The lowest BCUT2D eigenvalue weighted by molar-refractivity contribution is 0.0661. The average Bonchev–Trinajstić information content (AvgIpc) is 2.91. The molecule has 0 saturated carbocycles. The molecule has 0 unspecified atom stereocenters. The van der Waals surface area contributed by atoms with Gasteiger partial charge in [0.2, 0.25) is 0 Å². The van der Waals surface area contributed by atoms with Crippen molar-refractivity contribution in [2.45, 2.75) is 31.8 Å². The lowest BCUT2D eigenvalue weighted by atomic mass is 10.0. The normalized spacial score (nSPS) is 19.0. The highest BCUT2D eigenvalue weighted by atomic mass is 19.1. The number of fused-ring (bicyclic) bond motifs is 2. The average molecular weight is 385 g/mol. The third-order valence-electron chi connectivity index (χ3n) is 5.42. The number of amides is 2. The van der Waals surface area contributed by atoms with Gasteiger partial charge in [-0.05, 0) is 49.6 Å². The van der Waals surface area contributed by atoms with Crippen LogP contribution in [0.3, 0.4) is 0 Å². The van der Waals surface area contributed by atoms with E-state index in [1.165, 1.54) is 0 Å². The van der Waals surface area contributed by atoms with Crippen molar-refractivity contribution in [3.8, 4) is 0 Å². The van der Waals surface area contributed by atoms with Gasteiger partial charge in [-0.25, -0.2) is 8.78 Å². The van der Waals surface area contributed by atoms with Gasteiger partial charge in [0.1, 0.15) is 17.8 Å². The van der Waals surface area contributed by atoms with Gasteiger partial charge in [-0.1, -0.05) is 6.42 Å². The molecule has 7 heteroatoms. The standard InChI is InChI=1S/C21H21F2N3O2/c1-25-18-9-13(20(27)24-16-11-14(22)10-15(23)12-16)6-7-17(18)21(28)26-8-4-2-3-5-19(25)26/h6-7,9-12,19H,2-5,8H2,1H3,(H,24,27)/t19-/m1/s1. The predicted molar refractivity (Wildman–Crippen MR) is 102 cm³/mol. The number of benzene rings is 2. The third-order valence-corrected chi connectivity index (χ3v) is 5.42. The minimum atomic E-state index is -0.764. The predicted octanol–water partition coefficient (Wildman–Crippen LogP) is 4.01. The van der Waals surface area contributed by atoms with Crippen molar-refractivity contribution in [1.82, 2.24) is 4.90 Å². The number of hydrogen-bond acceptors (Lipinski definition) is 3. The summed E-state index contributed by atoms with van der Waals surface area (Å²) in [6, 6.07) is 7.73. The summed E-state index contributed by atoms with van der Waals surface area (Å²) in [5.74, 6) is -2.03. The van der Waals surface area contributed by atoms with Crippen LogP contribution in [0.5, 0.6) is 0 Å². The van der Waals surface area contributed by atoms with Crippen molar-refractivity contribution in [3.63, 3.8) is 0 Å². The van der Waals surface area contributed by atoms with Gasteiger partial charge in [-0.3, -0.25) is 9.59 Å². The summed E-state index contributed by atoms with van der Waals surface area (Å²) in [6.45, 7) is 0.737. The van der Waals surface area contributed by atoms with Crippen molar-refractivity contribution in [1.29, 1.82) is 0 Å². The molecular weight excluding hydrogens is 364 g/mol. The molecule has 2 amide bonds. The second-order valence-corrected chi connectivity index (χ2v) is 7.28. The summed E-state index contributed by atoms with van der Waals surface area (Å²) in [5.41, 5.74) is 1.63. The molecule has 5 nitrogen and oxygen atoms in total. The Morgan fingerprint density at radius 2 is 1.82 bits per heavy atom. The van der Waals surface area contributed by atoms with Crippen molar-refractivity contribution >= 4 is 23.2 Å². The second kappa shape index (κ2) is 7.22. The smallest absolute Gasteiger partial charge is 0.257 e. The maximum absolute atomic E-state index is 13.4. The molecule has 1 fully saturated rings. The Bertz CT molecular complexity index is 927. The monoisotopic (exact) mass is 385 g/mol. The largest absolute Gasteiger partial charge is 0.354 e. The number of carbonyl (C=O) groups excluding carboxylic acids is 2. The van der Waals surface area contributed by atoms with Crippen LogP contribution in [0.25, 0.3) is 0 Å². The number of anilines is 2. The molecule has 0 bridgehead atoms. The van der Waals surface area contributed by atoms with Crippen LogP contribution in [-0.2, 0) is 0 Å². The summed E-state index contributed by atoms with van der Waals surface area (Å²) >= 11 is 0. The molecule has 1 N–H and O–H groups in total. The van der Waals surface area contributed by atoms with Gasteiger partial charge in [0.25, 0.3) is 11.8 Å². The molecule has 0 aromatic heterocycles. The Labute approximate surface area is 161 Å². The molecule has 2 aliphatic rings. The van der Waals surface area contributed by atoms with Gasteiger partial charge in [-0.2, -0.15) is 0 Å². The van der Waals surface area contributed by atoms with E-state index in [1.807, 2.05) is 16.8 Å². The van der Waals surface area contributed by atoms with Gasteiger partial charge in [0.15, 0.2) is 0 Å². The molecule has 1 atom stereocenters. The zero-order valence-corrected chi connectivity index (χ0v) is 15.5. The fourth-order valence-corrected chi connectivity index (χ4v) is 4.02. The van der Waals surface area contributed by atoms with Crippen LogP contribution in [-0.4, -0.2) is 36.5 Å². The first-order valence-corrected chi connectivity index (χ1v) is 9.39. The molecule has 2 aliphatic heterocycles. The van der Waals surface area contributed by atoms with Crippen LogP contribution in [0.15, 0.2) is 36.4 Å². The zero-order valence-electron chi connectivity index (χ0n) is 15.5. The van der Waals surface area contributed by atoms with Gasteiger partial charge < -0.3 is 15.1 Å². The van der Waals surface area contributed by atoms with E-state index >= 15 is 0 Å². The van der Waals surface area contributed by atoms with Crippen LogP contribution in [0.1, 0.15) is 46.4 Å². The van der Waals surface area contributed by atoms with E-state index in [0.717, 1.165) is 50.4 Å². The Morgan fingerprint density at radius 1 is 1.07 bits per heavy atom. The highest BCUT2D eigenvalue weighted by molar-refractivity contribution is 6.08. The number of nitrogens with one attached hydrogen (secondary N) is 1. The molecule has 1 saturated heterocycles. The van der Waals surface area contributed by atoms with Gasteiger partial charge >= 0.3 is 0 Å². The Balaban J connectivity index is 1.63. The molecule has 2 heterocycles. The number of rotatable bonds is 2. The topological polar surface area (TPSA) is 52.7 Å². The van der Waals surface area contributed by atoms with E-state index < -0.39 is 17.5 Å². The van der Waals surface area contributed by atoms with Gasteiger partial charge in [0, 0.05) is 30.9 Å². The number of nitrogens with zero attached hydrogens (tertiary/aromatic N) is 2. The molecular formula is C21H21F2N3O2. The Hall–Kier alpha value is -2.96. The second-order valence-electron chi connectivity index (χ2n) is 7.28. The molecule has 146 valence electrons. The van der Waals surface area contributed by atoms with Crippen molar-refractivity contribution < 1.29 is 18.4 Å². The quantitative estimate of drug-likeness (QED) is 0.850. The summed E-state index contributed by atoms with van der Waals surface area (Å²) in [5, 5.41) is 2.51. The maximum atomic E-state index is 13.4. The Morgan fingerprint density at radius 3 is 2.57 bits per heavy atom.